The molecular formula is C30H35LiN2O8. The van der Waals surface area contributed by atoms with Crippen LogP contribution in [0.1, 0.15) is 50.7 Å². The van der Waals surface area contributed by atoms with Gasteiger partial charge >= 0.3 is 30.8 Å². The van der Waals surface area contributed by atoms with E-state index in [1.807, 2.05) is 48.5 Å². The van der Waals surface area contributed by atoms with Crippen molar-refractivity contribution in [3.8, 4) is 11.5 Å². The maximum Gasteiger partial charge on any atom is 1.00 e. The van der Waals surface area contributed by atoms with E-state index in [0.29, 0.717) is 29.7 Å². The normalized spacial score (nSPS) is 9.05. The first-order chi connectivity index (χ1) is 17.9. The molecule has 0 aliphatic rings. The Bertz CT molecular complexity index is 1330. The van der Waals surface area contributed by atoms with Gasteiger partial charge in [0.1, 0.15) is 11.5 Å². The standard InChI is InChI=1S/C15H15NO3.C14H13NO3.CH4.Li.2H2O/c1-18-14-7-6-13(16-10-14)9-11-4-3-5-12(8-11)15(17)19-2;1-18-13-6-5-12(15-9-13)8-10-3-2-4-11(7-10)14(16)17;;;;/h3-8,10H,9H2,1-2H3;2-7,9H,8H2,1H3,(H,16,17);1H4;;2*1H2/q;;;+1;;/p-1. The second kappa shape index (κ2) is 19.8. The molecule has 2 aromatic carbocycles. The van der Waals surface area contributed by atoms with Gasteiger partial charge in [-0.1, -0.05) is 31.7 Å². The summed E-state index contributed by atoms with van der Waals surface area (Å²) in [4.78, 5) is 30.8. The van der Waals surface area contributed by atoms with Crippen molar-refractivity contribution in [2.75, 3.05) is 21.3 Å². The van der Waals surface area contributed by atoms with E-state index in [0.717, 1.165) is 28.3 Å². The van der Waals surface area contributed by atoms with Crippen molar-refractivity contribution in [2.45, 2.75) is 20.3 Å². The zero-order chi connectivity index (χ0) is 26.6. The molecule has 0 saturated heterocycles. The zero-order valence-electron chi connectivity index (χ0n) is 22.8. The number of carbonyl (C=O) groups is 2. The molecule has 4 aromatic rings. The Hall–Kier alpha value is -4.20. The maximum absolute atomic E-state index is 11.4. The largest absolute Gasteiger partial charge is 1.00 e. The summed E-state index contributed by atoms with van der Waals surface area (Å²) in [5.41, 5.74) is 4.57. The number of carboxylic acids is 1. The van der Waals surface area contributed by atoms with E-state index in [1.165, 1.54) is 7.11 Å². The summed E-state index contributed by atoms with van der Waals surface area (Å²) >= 11 is 0. The molecule has 11 heteroatoms. The first-order valence-corrected chi connectivity index (χ1v) is 11.4. The van der Waals surface area contributed by atoms with Crippen molar-refractivity contribution in [3.05, 3.63) is 119 Å². The van der Waals surface area contributed by atoms with Crippen LogP contribution in [0, 0.1) is 0 Å². The van der Waals surface area contributed by atoms with E-state index in [1.54, 1.807) is 50.9 Å². The van der Waals surface area contributed by atoms with Crippen molar-refractivity contribution in [1.29, 1.82) is 0 Å². The summed E-state index contributed by atoms with van der Waals surface area (Å²) in [5.74, 6) is 0.189. The van der Waals surface area contributed by atoms with E-state index in [4.69, 9.17) is 19.3 Å². The van der Waals surface area contributed by atoms with Crippen molar-refractivity contribution in [3.63, 3.8) is 0 Å². The summed E-state index contributed by atoms with van der Waals surface area (Å²) < 4.78 is 14.8. The molecule has 0 spiro atoms. The second-order valence-corrected chi connectivity index (χ2v) is 7.93. The summed E-state index contributed by atoms with van der Waals surface area (Å²) in [5, 5.41) is 8.91. The molecule has 2 heterocycles. The molecule has 0 atom stereocenters. The number of benzene rings is 2. The van der Waals surface area contributed by atoms with E-state index in [9.17, 15) is 9.59 Å². The number of ether oxygens (including phenoxy) is 3. The van der Waals surface area contributed by atoms with E-state index in [-0.39, 0.29) is 43.2 Å². The minimum atomic E-state index is -0.917. The van der Waals surface area contributed by atoms with Crippen LogP contribution in [0.4, 0.5) is 0 Å². The Kier molecular flexibility index (Phi) is 18.8. The molecule has 10 nitrogen and oxygen atoms in total. The van der Waals surface area contributed by atoms with Crippen molar-refractivity contribution < 1.29 is 58.7 Å². The quantitative estimate of drug-likeness (QED) is 0.249. The molecule has 0 fully saturated rings. The van der Waals surface area contributed by atoms with Crippen molar-refractivity contribution >= 4 is 11.9 Å². The minimum absolute atomic E-state index is 0. The number of aromatic carboxylic acids is 1. The summed E-state index contributed by atoms with van der Waals surface area (Å²) in [6, 6.07) is 21.7. The molecule has 0 amide bonds. The third kappa shape index (κ3) is 12.2. The Balaban J connectivity index is 0. The Morgan fingerprint density at radius 2 is 1.17 bits per heavy atom. The van der Waals surface area contributed by atoms with Gasteiger partial charge < -0.3 is 30.3 Å². The van der Waals surface area contributed by atoms with Gasteiger partial charge in [0.05, 0.1) is 44.8 Å². The van der Waals surface area contributed by atoms with Crippen LogP contribution in [0.5, 0.6) is 11.5 Å². The van der Waals surface area contributed by atoms with Crippen LogP contribution >= 0.6 is 0 Å². The van der Waals surface area contributed by atoms with Gasteiger partial charge in [-0.3, -0.25) is 9.97 Å². The number of pyridine rings is 2. The molecule has 0 bridgehead atoms. The fraction of sp³-hybridized carbons (Fsp3) is 0.200. The Labute approximate surface area is 252 Å². The molecule has 4 rings (SSSR count). The predicted octanol–water partition coefficient (Wildman–Crippen LogP) is 1.49. The number of methoxy groups -OCH3 is 3. The SMILES string of the molecule is C.COC(=O)c1cccc(Cc2ccc(OC)cn2)c1.COc1ccc(Cc2cccc(C(=O)O)c2)nc1.O.[Li+].[OH-]. The number of hydrogen-bond acceptors (Lipinski definition) is 8. The fourth-order valence-electron chi connectivity index (χ4n) is 3.43. The van der Waals surface area contributed by atoms with E-state index < -0.39 is 5.97 Å². The molecular weight excluding hydrogens is 523 g/mol. The number of hydrogen-bond donors (Lipinski definition) is 1. The van der Waals surface area contributed by atoms with Crippen LogP contribution in [0.2, 0.25) is 0 Å². The van der Waals surface area contributed by atoms with Gasteiger partial charge in [0.25, 0.3) is 0 Å². The first-order valence-electron chi connectivity index (χ1n) is 11.4. The zero-order valence-corrected chi connectivity index (χ0v) is 22.8. The molecule has 2 aromatic heterocycles. The van der Waals surface area contributed by atoms with Crippen LogP contribution < -0.4 is 28.3 Å². The topological polar surface area (TPSA) is 169 Å². The molecule has 0 radical (unpaired) electrons. The number of nitrogens with zero attached hydrogens (tertiary/aromatic N) is 2. The van der Waals surface area contributed by atoms with Gasteiger partial charge in [0.2, 0.25) is 0 Å². The van der Waals surface area contributed by atoms with Gasteiger partial charge in [-0.25, -0.2) is 9.59 Å². The number of aromatic nitrogens is 2. The number of carboxylic acid groups (broad SMARTS) is 1. The van der Waals surface area contributed by atoms with Crippen LogP contribution in [-0.4, -0.2) is 59.3 Å². The fourth-order valence-corrected chi connectivity index (χ4v) is 3.43. The second-order valence-electron chi connectivity index (χ2n) is 7.93. The predicted molar refractivity (Wildman–Crippen MR) is 151 cm³/mol. The minimum Gasteiger partial charge on any atom is -0.870 e. The van der Waals surface area contributed by atoms with Crippen molar-refractivity contribution in [1.82, 2.24) is 9.97 Å². The smallest absolute Gasteiger partial charge is 0.870 e. The average Bonchev–Trinajstić information content (AvgIpc) is 2.94. The van der Waals surface area contributed by atoms with Crippen LogP contribution in [-0.2, 0) is 17.6 Å². The van der Waals surface area contributed by atoms with Gasteiger partial charge in [-0.15, -0.1) is 0 Å². The third-order valence-electron chi connectivity index (χ3n) is 5.36. The molecule has 0 aliphatic heterocycles. The number of esters is 1. The van der Waals surface area contributed by atoms with Crippen molar-refractivity contribution in [2.24, 2.45) is 0 Å². The van der Waals surface area contributed by atoms with Gasteiger partial charge in [-0.05, 0) is 59.7 Å². The van der Waals surface area contributed by atoms with Crippen LogP contribution in [0.15, 0.2) is 85.2 Å². The summed E-state index contributed by atoms with van der Waals surface area (Å²) in [7, 11) is 4.57. The first kappa shape index (κ1) is 38.9. The molecule has 214 valence electrons. The number of carbonyl (C=O) groups excluding carboxylic acids is 1. The molecule has 0 aliphatic carbocycles. The molecule has 4 N–H and O–H groups in total. The van der Waals surface area contributed by atoms with E-state index in [2.05, 4.69) is 9.97 Å². The Morgan fingerprint density at radius 3 is 1.54 bits per heavy atom. The van der Waals surface area contributed by atoms with Crippen LogP contribution in [0.25, 0.3) is 0 Å². The Morgan fingerprint density at radius 1 is 0.732 bits per heavy atom. The van der Waals surface area contributed by atoms with Gasteiger partial charge in [0.15, 0.2) is 0 Å². The summed E-state index contributed by atoms with van der Waals surface area (Å²) in [6.07, 6.45) is 4.59. The van der Waals surface area contributed by atoms with Gasteiger partial charge in [-0.2, -0.15) is 0 Å². The molecule has 0 unspecified atom stereocenters. The monoisotopic (exact) mass is 558 g/mol. The summed E-state index contributed by atoms with van der Waals surface area (Å²) in [6.45, 7) is 0. The average molecular weight is 559 g/mol. The van der Waals surface area contributed by atoms with Gasteiger partial charge in [0, 0.05) is 24.2 Å². The number of rotatable bonds is 8. The molecule has 41 heavy (non-hydrogen) atoms. The van der Waals surface area contributed by atoms with Crippen LogP contribution in [0.3, 0.4) is 0 Å². The molecule has 0 saturated carbocycles. The maximum atomic E-state index is 11.4. The third-order valence-corrected chi connectivity index (χ3v) is 5.36. The van der Waals surface area contributed by atoms with E-state index >= 15 is 0 Å².